The molecule has 2 nitrogen and oxygen atoms in total. The van der Waals surface area contributed by atoms with Crippen LogP contribution in [0.4, 0.5) is 0 Å². The minimum atomic E-state index is 0.396. The second-order valence-electron chi connectivity index (χ2n) is 3.86. The van der Waals surface area contributed by atoms with Gasteiger partial charge >= 0.3 is 0 Å². The quantitative estimate of drug-likeness (QED) is 0.835. The highest BCUT2D eigenvalue weighted by Crippen LogP contribution is 2.35. The Morgan fingerprint density at radius 2 is 2.27 bits per heavy atom. The molecule has 0 spiro atoms. The van der Waals surface area contributed by atoms with E-state index in [-0.39, 0.29) is 0 Å². The SMILES string of the molecule is COc1c(Cl)cccc1[C@H]1CCCCN1. The lowest BCUT2D eigenvalue weighted by atomic mass is 9.97. The minimum absolute atomic E-state index is 0.396. The van der Waals surface area contributed by atoms with Crippen LogP contribution in [0, 0.1) is 0 Å². The number of hydrogen-bond acceptors (Lipinski definition) is 2. The van der Waals surface area contributed by atoms with Gasteiger partial charge in [-0.3, -0.25) is 0 Å². The van der Waals surface area contributed by atoms with E-state index in [1.54, 1.807) is 7.11 Å². The molecule has 82 valence electrons. The van der Waals surface area contributed by atoms with E-state index >= 15 is 0 Å². The number of methoxy groups -OCH3 is 1. The smallest absolute Gasteiger partial charge is 0.142 e. The van der Waals surface area contributed by atoms with Gasteiger partial charge in [0.15, 0.2) is 0 Å². The Balaban J connectivity index is 2.29. The molecule has 0 amide bonds. The first-order chi connectivity index (χ1) is 7.33. The molecule has 15 heavy (non-hydrogen) atoms. The number of rotatable bonds is 2. The van der Waals surface area contributed by atoms with Crippen molar-refractivity contribution in [3.63, 3.8) is 0 Å². The van der Waals surface area contributed by atoms with E-state index in [0.29, 0.717) is 11.1 Å². The van der Waals surface area contributed by atoms with Crippen molar-refractivity contribution in [2.45, 2.75) is 25.3 Å². The molecule has 1 atom stereocenters. The molecule has 1 aliphatic heterocycles. The third-order valence-corrected chi connectivity index (χ3v) is 3.18. The Hall–Kier alpha value is -0.730. The Morgan fingerprint density at radius 3 is 2.93 bits per heavy atom. The standard InChI is InChI=1S/C12H16ClNO/c1-15-12-9(5-4-6-10(12)13)11-7-2-3-8-14-11/h4-6,11,14H,2-3,7-8H2,1H3/t11-/m1/s1. The van der Waals surface area contributed by atoms with Gasteiger partial charge in [-0.2, -0.15) is 0 Å². The molecule has 1 aromatic carbocycles. The van der Waals surface area contributed by atoms with Crippen LogP contribution in [0.1, 0.15) is 30.9 Å². The highest BCUT2D eigenvalue weighted by Gasteiger charge is 2.19. The van der Waals surface area contributed by atoms with Gasteiger partial charge in [0.2, 0.25) is 0 Å². The van der Waals surface area contributed by atoms with Crippen LogP contribution in [0.2, 0.25) is 5.02 Å². The van der Waals surface area contributed by atoms with Crippen LogP contribution in [0.15, 0.2) is 18.2 Å². The number of halogens is 1. The van der Waals surface area contributed by atoms with Gasteiger partial charge in [0.1, 0.15) is 5.75 Å². The van der Waals surface area contributed by atoms with Crippen molar-refractivity contribution < 1.29 is 4.74 Å². The van der Waals surface area contributed by atoms with Crippen LogP contribution in [0.25, 0.3) is 0 Å². The first-order valence-corrected chi connectivity index (χ1v) is 5.76. The molecule has 0 saturated carbocycles. The highest BCUT2D eigenvalue weighted by atomic mass is 35.5. The van der Waals surface area contributed by atoms with Crippen LogP contribution < -0.4 is 10.1 Å². The number of ether oxygens (including phenoxy) is 1. The largest absolute Gasteiger partial charge is 0.495 e. The van der Waals surface area contributed by atoms with Crippen molar-refractivity contribution in [1.29, 1.82) is 0 Å². The molecule has 1 aromatic rings. The maximum absolute atomic E-state index is 6.10. The molecule has 0 radical (unpaired) electrons. The summed E-state index contributed by atoms with van der Waals surface area (Å²) in [6.45, 7) is 1.08. The zero-order valence-electron chi connectivity index (χ0n) is 8.92. The van der Waals surface area contributed by atoms with Gasteiger partial charge in [0.25, 0.3) is 0 Å². The van der Waals surface area contributed by atoms with Gasteiger partial charge in [0, 0.05) is 11.6 Å². The number of piperidine rings is 1. The summed E-state index contributed by atoms with van der Waals surface area (Å²) in [7, 11) is 1.67. The topological polar surface area (TPSA) is 21.3 Å². The maximum atomic E-state index is 6.10. The molecule has 1 N–H and O–H groups in total. The van der Waals surface area contributed by atoms with E-state index < -0.39 is 0 Å². The second kappa shape index (κ2) is 4.86. The van der Waals surface area contributed by atoms with Crippen LogP contribution in [0.3, 0.4) is 0 Å². The summed E-state index contributed by atoms with van der Waals surface area (Å²) >= 11 is 6.10. The normalized spacial score (nSPS) is 21.3. The van der Waals surface area contributed by atoms with Crippen LogP contribution in [0.5, 0.6) is 5.75 Å². The summed E-state index contributed by atoms with van der Waals surface area (Å²) in [5, 5.41) is 4.20. The molecule has 1 heterocycles. The first kappa shape index (κ1) is 10.8. The van der Waals surface area contributed by atoms with E-state index in [0.717, 1.165) is 18.7 Å². The van der Waals surface area contributed by atoms with E-state index in [1.165, 1.54) is 18.4 Å². The van der Waals surface area contributed by atoms with Gasteiger partial charge in [0.05, 0.1) is 12.1 Å². The third-order valence-electron chi connectivity index (χ3n) is 2.89. The van der Waals surface area contributed by atoms with Crippen molar-refractivity contribution in [3.8, 4) is 5.75 Å². The van der Waals surface area contributed by atoms with Gasteiger partial charge in [-0.25, -0.2) is 0 Å². The van der Waals surface area contributed by atoms with Crippen molar-refractivity contribution in [3.05, 3.63) is 28.8 Å². The average Bonchev–Trinajstić information content (AvgIpc) is 2.30. The fraction of sp³-hybridized carbons (Fsp3) is 0.500. The fourth-order valence-corrected chi connectivity index (χ4v) is 2.39. The van der Waals surface area contributed by atoms with Gasteiger partial charge in [-0.1, -0.05) is 30.2 Å². The number of hydrogen-bond donors (Lipinski definition) is 1. The van der Waals surface area contributed by atoms with Crippen molar-refractivity contribution in [2.24, 2.45) is 0 Å². The fourth-order valence-electron chi connectivity index (χ4n) is 2.13. The molecule has 0 aliphatic carbocycles. The zero-order chi connectivity index (χ0) is 10.7. The highest BCUT2D eigenvalue weighted by molar-refractivity contribution is 6.32. The number of para-hydroxylation sites is 1. The molecule has 0 unspecified atom stereocenters. The average molecular weight is 226 g/mol. The molecule has 1 saturated heterocycles. The van der Waals surface area contributed by atoms with Gasteiger partial charge in [-0.05, 0) is 25.5 Å². The van der Waals surface area contributed by atoms with Gasteiger partial charge < -0.3 is 10.1 Å². The van der Waals surface area contributed by atoms with Gasteiger partial charge in [-0.15, -0.1) is 0 Å². The van der Waals surface area contributed by atoms with E-state index in [4.69, 9.17) is 16.3 Å². The predicted octanol–water partition coefficient (Wildman–Crippen LogP) is 3.16. The lowest BCUT2D eigenvalue weighted by molar-refractivity contribution is 0.374. The molecule has 0 bridgehead atoms. The predicted molar refractivity (Wildman–Crippen MR) is 62.6 cm³/mol. The number of benzene rings is 1. The molecular formula is C12H16ClNO. The summed E-state index contributed by atoms with van der Waals surface area (Å²) in [5.41, 5.74) is 1.18. The lowest BCUT2D eigenvalue weighted by Gasteiger charge is -2.25. The Morgan fingerprint density at radius 1 is 1.40 bits per heavy atom. The van der Waals surface area contributed by atoms with Crippen LogP contribution in [-0.4, -0.2) is 13.7 Å². The summed E-state index contributed by atoms with van der Waals surface area (Å²) in [5.74, 6) is 0.818. The molecule has 1 aliphatic rings. The van der Waals surface area contributed by atoms with E-state index in [2.05, 4.69) is 11.4 Å². The van der Waals surface area contributed by atoms with E-state index in [1.807, 2.05) is 12.1 Å². The molecule has 0 aromatic heterocycles. The Labute approximate surface area is 95.6 Å². The maximum Gasteiger partial charge on any atom is 0.142 e. The molecule has 1 fully saturated rings. The Bertz CT molecular complexity index is 334. The lowest BCUT2D eigenvalue weighted by Crippen LogP contribution is -2.27. The zero-order valence-corrected chi connectivity index (χ0v) is 9.68. The summed E-state index contributed by atoms with van der Waals surface area (Å²) < 4.78 is 5.36. The molecule has 2 rings (SSSR count). The van der Waals surface area contributed by atoms with Crippen molar-refractivity contribution >= 4 is 11.6 Å². The van der Waals surface area contributed by atoms with Crippen LogP contribution in [-0.2, 0) is 0 Å². The third kappa shape index (κ3) is 2.27. The first-order valence-electron chi connectivity index (χ1n) is 5.38. The molecular weight excluding hydrogens is 210 g/mol. The van der Waals surface area contributed by atoms with Crippen molar-refractivity contribution in [2.75, 3.05) is 13.7 Å². The summed E-state index contributed by atoms with van der Waals surface area (Å²) in [4.78, 5) is 0. The van der Waals surface area contributed by atoms with E-state index in [9.17, 15) is 0 Å². The second-order valence-corrected chi connectivity index (χ2v) is 4.27. The molecule has 3 heteroatoms. The monoisotopic (exact) mass is 225 g/mol. The Kier molecular flexibility index (Phi) is 3.49. The van der Waals surface area contributed by atoms with Crippen molar-refractivity contribution in [1.82, 2.24) is 5.32 Å². The van der Waals surface area contributed by atoms with Crippen LogP contribution >= 0.6 is 11.6 Å². The minimum Gasteiger partial charge on any atom is -0.495 e. The number of nitrogens with one attached hydrogen (secondary N) is 1. The summed E-state index contributed by atoms with van der Waals surface area (Å²) in [6.07, 6.45) is 3.70. The summed E-state index contributed by atoms with van der Waals surface area (Å²) in [6, 6.07) is 6.34.